The van der Waals surface area contributed by atoms with Crippen molar-refractivity contribution in [2.45, 2.75) is 37.9 Å². The molecule has 0 atom stereocenters. The Morgan fingerprint density at radius 2 is 1.77 bits per heavy atom. The molecule has 74 valence electrons. The Hall–Kier alpha value is -0.510. The van der Waals surface area contributed by atoms with Gasteiger partial charge in [-0.3, -0.25) is 9.59 Å². The van der Waals surface area contributed by atoms with Gasteiger partial charge in [-0.1, -0.05) is 11.8 Å². The summed E-state index contributed by atoms with van der Waals surface area (Å²) < 4.78 is 0. The Balaban J connectivity index is 2.30. The number of rotatable bonds is 2. The molecule has 1 aliphatic rings. The summed E-state index contributed by atoms with van der Waals surface area (Å²) in [6.45, 7) is 1.56. The number of carbonyl (C=O) groups is 2. The maximum absolute atomic E-state index is 10.8. The molecule has 0 aliphatic heterocycles. The van der Waals surface area contributed by atoms with Crippen molar-refractivity contribution in [3.63, 3.8) is 0 Å². The van der Waals surface area contributed by atoms with Crippen LogP contribution in [0.15, 0.2) is 0 Å². The molecule has 0 spiro atoms. The van der Waals surface area contributed by atoms with Crippen molar-refractivity contribution in [3.05, 3.63) is 0 Å². The molecule has 1 rings (SSSR count). The van der Waals surface area contributed by atoms with Gasteiger partial charge in [0.25, 0.3) is 0 Å². The molecule has 0 aromatic heterocycles. The summed E-state index contributed by atoms with van der Waals surface area (Å²) >= 11 is 1.36. The van der Waals surface area contributed by atoms with E-state index in [2.05, 4.69) is 0 Å². The van der Waals surface area contributed by atoms with E-state index in [4.69, 9.17) is 5.11 Å². The number of hydrogen-bond acceptors (Lipinski definition) is 3. The summed E-state index contributed by atoms with van der Waals surface area (Å²) in [6.07, 6.45) is 3.17. The molecule has 4 heteroatoms. The SMILES string of the molecule is CC(=O)SC1CCC(C(=O)O)CC1. The first kappa shape index (κ1) is 10.6. The third kappa shape index (κ3) is 3.38. The van der Waals surface area contributed by atoms with Gasteiger partial charge in [0.15, 0.2) is 5.12 Å². The van der Waals surface area contributed by atoms with E-state index in [1.807, 2.05) is 0 Å². The molecular weight excluding hydrogens is 188 g/mol. The van der Waals surface area contributed by atoms with Crippen LogP contribution in [-0.4, -0.2) is 21.4 Å². The van der Waals surface area contributed by atoms with Crippen LogP contribution in [0.5, 0.6) is 0 Å². The van der Waals surface area contributed by atoms with E-state index in [1.165, 1.54) is 11.8 Å². The van der Waals surface area contributed by atoms with Crippen LogP contribution in [0.2, 0.25) is 0 Å². The van der Waals surface area contributed by atoms with Crippen LogP contribution < -0.4 is 0 Å². The van der Waals surface area contributed by atoms with Gasteiger partial charge < -0.3 is 5.11 Å². The Bertz CT molecular complexity index is 207. The molecule has 0 aromatic carbocycles. The first-order valence-corrected chi connectivity index (χ1v) is 5.37. The van der Waals surface area contributed by atoms with E-state index in [9.17, 15) is 9.59 Å². The summed E-state index contributed by atoms with van der Waals surface area (Å²) in [4.78, 5) is 21.4. The van der Waals surface area contributed by atoms with E-state index < -0.39 is 5.97 Å². The third-order valence-corrected chi connectivity index (χ3v) is 3.49. The molecule has 3 nitrogen and oxygen atoms in total. The fourth-order valence-electron chi connectivity index (χ4n) is 1.66. The summed E-state index contributed by atoms with van der Waals surface area (Å²) in [5.74, 6) is -0.866. The predicted octanol–water partition coefficient (Wildman–Crippen LogP) is 1.91. The Morgan fingerprint density at radius 3 is 2.15 bits per heavy atom. The summed E-state index contributed by atoms with van der Waals surface area (Å²) in [5, 5.41) is 9.23. The van der Waals surface area contributed by atoms with Crippen LogP contribution in [-0.2, 0) is 9.59 Å². The van der Waals surface area contributed by atoms with Crippen LogP contribution in [0.1, 0.15) is 32.6 Å². The van der Waals surface area contributed by atoms with Gasteiger partial charge in [-0.25, -0.2) is 0 Å². The third-order valence-electron chi connectivity index (χ3n) is 2.36. The molecule has 0 amide bonds. The smallest absolute Gasteiger partial charge is 0.306 e. The lowest BCUT2D eigenvalue weighted by Crippen LogP contribution is -2.23. The molecule has 0 heterocycles. The number of carboxylic acids is 1. The monoisotopic (exact) mass is 202 g/mol. The fraction of sp³-hybridized carbons (Fsp3) is 0.778. The molecule has 0 aromatic rings. The molecule has 0 saturated heterocycles. The Morgan fingerprint density at radius 1 is 1.23 bits per heavy atom. The molecule has 13 heavy (non-hydrogen) atoms. The normalized spacial score (nSPS) is 28.4. The highest BCUT2D eigenvalue weighted by atomic mass is 32.2. The second kappa shape index (κ2) is 4.65. The lowest BCUT2D eigenvalue weighted by molar-refractivity contribution is -0.142. The highest BCUT2D eigenvalue weighted by molar-refractivity contribution is 8.14. The van der Waals surface area contributed by atoms with Gasteiger partial charge in [-0.2, -0.15) is 0 Å². The quantitative estimate of drug-likeness (QED) is 0.743. The van der Waals surface area contributed by atoms with E-state index in [0.717, 1.165) is 25.7 Å². The van der Waals surface area contributed by atoms with Gasteiger partial charge in [-0.15, -0.1) is 0 Å². The van der Waals surface area contributed by atoms with Crippen LogP contribution in [0, 0.1) is 5.92 Å². The molecule has 0 bridgehead atoms. The highest BCUT2D eigenvalue weighted by Gasteiger charge is 2.26. The summed E-state index contributed by atoms with van der Waals surface area (Å²) in [5.41, 5.74) is 0. The van der Waals surface area contributed by atoms with Crippen molar-refractivity contribution in [3.8, 4) is 0 Å². The zero-order chi connectivity index (χ0) is 9.84. The second-order valence-corrected chi connectivity index (χ2v) is 4.90. The lowest BCUT2D eigenvalue weighted by atomic mass is 9.89. The number of hydrogen-bond donors (Lipinski definition) is 1. The van der Waals surface area contributed by atoms with E-state index in [1.54, 1.807) is 6.92 Å². The van der Waals surface area contributed by atoms with Crippen molar-refractivity contribution >= 4 is 22.8 Å². The minimum atomic E-state index is -0.689. The van der Waals surface area contributed by atoms with Crippen LogP contribution >= 0.6 is 11.8 Å². The Kier molecular flexibility index (Phi) is 3.78. The van der Waals surface area contributed by atoms with Crippen molar-refractivity contribution in [2.75, 3.05) is 0 Å². The Labute approximate surface area is 81.9 Å². The van der Waals surface area contributed by atoms with Crippen LogP contribution in [0.25, 0.3) is 0 Å². The van der Waals surface area contributed by atoms with Gasteiger partial charge >= 0.3 is 5.97 Å². The molecule has 1 N–H and O–H groups in total. The molecule has 1 saturated carbocycles. The van der Waals surface area contributed by atoms with Gasteiger partial charge in [-0.05, 0) is 25.7 Å². The average Bonchev–Trinajstić information content (AvgIpc) is 2.04. The number of thioether (sulfide) groups is 1. The van der Waals surface area contributed by atoms with E-state index in [0.29, 0.717) is 5.25 Å². The van der Waals surface area contributed by atoms with Crippen molar-refractivity contribution < 1.29 is 14.7 Å². The number of carboxylic acid groups (broad SMARTS) is 1. The maximum atomic E-state index is 10.8. The van der Waals surface area contributed by atoms with E-state index >= 15 is 0 Å². The standard InChI is InChI=1S/C9H14O3S/c1-6(10)13-8-4-2-7(3-5-8)9(11)12/h7-8H,2-5H2,1H3,(H,11,12). The predicted molar refractivity (Wildman–Crippen MR) is 51.7 cm³/mol. The van der Waals surface area contributed by atoms with Gasteiger partial charge in [0.2, 0.25) is 0 Å². The fourth-order valence-corrected chi connectivity index (χ4v) is 2.64. The first-order valence-electron chi connectivity index (χ1n) is 4.49. The average molecular weight is 202 g/mol. The summed E-state index contributed by atoms with van der Waals surface area (Å²) in [7, 11) is 0. The van der Waals surface area contributed by atoms with Gasteiger partial charge in [0.05, 0.1) is 5.92 Å². The first-order chi connectivity index (χ1) is 6.09. The summed E-state index contributed by atoms with van der Waals surface area (Å²) in [6, 6.07) is 0. The molecule has 0 radical (unpaired) electrons. The van der Waals surface area contributed by atoms with Gasteiger partial charge in [0.1, 0.15) is 0 Å². The largest absolute Gasteiger partial charge is 0.481 e. The molecule has 0 unspecified atom stereocenters. The second-order valence-electron chi connectivity index (χ2n) is 3.42. The van der Waals surface area contributed by atoms with Crippen LogP contribution in [0.3, 0.4) is 0 Å². The maximum Gasteiger partial charge on any atom is 0.306 e. The van der Waals surface area contributed by atoms with Crippen LogP contribution in [0.4, 0.5) is 0 Å². The zero-order valence-corrected chi connectivity index (χ0v) is 8.47. The van der Waals surface area contributed by atoms with Gasteiger partial charge in [0, 0.05) is 12.2 Å². The number of aliphatic carboxylic acids is 1. The molecule has 1 fully saturated rings. The van der Waals surface area contributed by atoms with E-state index in [-0.39, 0.29) is 11.0 Å². The molecular formula is C9H14O3S. The van der Waals surface area contributed by atoms with Crippen molar-refractivity contribution in [1.82, 2.24) is 0 Å². The van der Waals surface area contributed by atoms with Crippen molar-refractivity contribution in [1.29, 1.82) is 0 Å². The number of carbonyl (C=O) groups excluding carboxylic acids is 1. The topological polar surface area (TPSA) is 54.4 Å². The zero-order valence-electron chi connectivity index (χ0n) is 7.66. The highest BCUT2D eigenvalue weighted by Crippen LogP contribution is 2.32. The minimum Gasteiger partial charge on any atom is -0.481 e. The van der Waals surface area contributed by atoms with Crippen molar-refractivity contribution in [2.24, 2.45) is 5.92 Å². The minimum absolute atomic E-state index is 0.138. The lowest BCUT2D eigenvalue weighted by Gasteiger charge is -2.24. The molecule has 1 aliphatic carbocycles.